The molecule has 0 bridgehead atoms. The molecule has 2 aliphatic heterocycles. The number of carbonyl (C=O) groups is 4. The highest BCUT2D eigenvalue weighted by Gasteiger charge is 2.57. The van der Waals surface area contributed by atoms with Crippen molar-refractivity contribution in [3.8, 4) is 11.8 Å². The number of aromatic nitrogens is 2. The van der Waals surface area contributed by atoms with E-state index in [4.69, 9.17) is 10.1 Å². The highest BCUT2D eigenvalue weighted by atomic mass is 19.4. The summed E-state index contributed by atoms with van der Waals surface area (Å²) < 4.78 is 159. The lowest BCUT2D eigenvalue weighted by Gasteiger charge is -2.42. The number of nitrogens with one attached hydrogen (secondary N) is 6. The number of aliphatic hydroxyl groups excluding tert-OH is 1. The SMILES string of the molecule is COC(=O)N[C@H](C(=O)N[C@@H](Cc1ccc(C#Cc2cnc(N3CCN(C4COC4)CC3)nc2)cc1)[C@@H](O)CN(Cc1c(F)cc(/C(C=N)=C/NC(F)F)cc1F)NC(=O)[C@@H](NC(=O)OC)C(C)(C)C(F)(F)F)C(C)(C)C(F)(F)F. The molecule has 4 atom stereocenters. The smallest absolute Gasteiger partial charge is 0.407 e. The number of carbonyl (C=O) groups excluding carboxylic acids is 4. The molecule has 79 heavy (non-hydrogen) atoms. The summed E-state index contributed by atoms with van der Waals surface area (Å²) in [7, 11) is 1.58. The van der Waals surface area contributed by atoms with Gasteiger partial charge < -0.3 is 50.9 Å². The van der Waals surface area contributed by atoms with E-state index in [2.05, 4.69) is 41.5 Å². The molecule has 3 heterocycles. The van der Waals surface area contributed by atoms with Crippen LogP contribution in [0.2, 0.25) is 0 Å². The van der Waals surface area contributed by atoms with Crippen LogP contribution in [-0.2, 0) is 36.8 Å². The van der Waals surface area contributed by atoms with Crippen LogP contribution < -0.4 is 31.6 Å². The summed E-state index contributed by atoms with van der Waals surface area (Å²) in [6.45, 7) is 1.21. The lowest BCUT2D eigenvalue weighted by atomic mass is 9.82. The number of aliphatic hydroxyl groups is 1. The Balaban J connectivity index is 1.50. The van der Waals surface area contributed by atoms with Crippen LogP contribution in [0.3, 0.4) is 0 Å². The van der Waals surface area contributed by atoms with Crippen molar-refractivity contribution in [2.24, 2.45) is 10.8 Å². The molecule has 7 N–H and O–H groups in total. The Labute approximate surface area is 447 Å². The number of piperazine rings is 1. The van der Waals surface area contributed by atoms with Gasteiger partial charge in [0, 0.05) is 80.8 Å². The number of allylic oxidation sites excluding steroid dienone is 1. The van der Waals surface area contributed by atoms with Crippen LogP contribution in [0.4, 0.5) is 59.4 Å². The summed E-state index contributed by atoms with van der Waals surface area (Å²) in [6, 6.07) is 0.636. The molecule has 2 fully saturated rings. The van der Waals surface area contributed by atoms with Gasteiger partial charge in [-0.05, 0) is 69.5 Å². The Morgan fingerprint density at radius 3 is 1.81 bits per heavy atom. The molecule has 2 aromatic carbocycles. The van der Waals surface area contributed by atoms with Crippen LogP contribution in [0, 0.1) is 39.7 Å². The molecule has 0 spiro atoms. The van der Waals surface area contributed by atoms with Gasteiger partial charge in [-0.2, -0.15) is 35.1 Å². The highest BCUT2D eigenvalue weighted by molar-refractivity contribution is 6.08. The number of halogens is 10. The number of hydrogen-bond donors (Lipinski definition) is 7. The van der Waals surface area contributed by atoms with Gasteiger partial charge in [-0.1, -0.05) is 24.0 Å². The van der Waals surface area contributed by atoms with Crippen LogP contribution in [0.5, 0.6) is 0 Å². The zero-order valence-electron chi connectivity index (χ0n) is 43.4. The molecule has 0 saturated carbocycles. The van der Waals surface area contributed by atoms with Crippen molar-refractivity contribution < 1.29 is 82.4 Å². The van der Waals surface area contributed by atoms with Crippen molar-refractivity contribution in [1.82, 2.24) is 46.6 Å². The van der Waals surface area contributed by atoms with Crippen molar-refractivity contribution in [2.45, 2.75) is 89.8 Å². The molecule has 5 rings (SSSR count). The van der Waals surface area contributed by atoms with Gasteiger partial charge in [0.1, 0.15) is 23.7 Å². The maximum absolute atomic E-state index is 16.0. The normalized spacial score (nSPS) is 16.3. The van der Waals surface area contributed by atoms with Gasteiger partial charge >= 0.3 is 31.1 Å². The maximum Gasteiger partial charge on any atom is 0.407 e. The number of methoxy groups -OCH3 is 2. The van der Waals surface area contributed by atoms with E-state index in [0.29, 0.717) is 93.6 Å². The molecule has 29 heteroatoms. The van der Waals surface area contributed by atoms with E-state index in [0.717, 1.165) is 40.4 Å². The summed E-state index contributed by atoms with van der Waals surface area (Å²) in [5.41, 5.74) is -4.98. The lowest BCUT2D eigenvalue weighted by molar-refractivity contribution is -0.221. The molecule has 432 valence electrons. The largest absolute Gasteiger partial charge is 0.453 e. The molecule has 0 unspecified atom stereocenters. The molecule has 2 aliphatic rings. The topological polar surface area (TPSA) is 236 Å². The number of alkyl carbamates (subject to hydrolysis) is 2. The zero-order chi connectivity index (χ0) is 58.6. The lowest BCUT2D eigenvalue weighted by Crippen LogP contribution is -2.63. The van der Waals surface area contributed by atoms with Gasteiger partial charge in [-0.25, -0.2) is 33.3 Å². The number of rotatable bonds is 21. The van der Waals surface area contributed by atoms with E-state index < -0.39 is 126 Å². The zero-order valence-corrected chi connectivity index (χ0v) is 43.4. The second-order valence-electron chi connectivity index (χ2n) is 19.4. The third-order valence-electron chi connectivity index (χ3n) is 13.3. The number of alkyl halides is 8. The first kappa shape index (κ1) is 62.6. The molecule has 4 amide bonds. The number of ether oxygens (including phenoxy) is 3. The van der Waals surface area contributed by atoms with Crippen molar-refractivity contribution in [3.05, 3.63) is 94.4 Å². The summed E-state index contributed by atoms with van der Waals surface area (Å²) in [5, 5.41) is 27.5. The van der Waals surface area contributed by atoms with Crippen LogP contribution in [0.15, 0.2) is 55.0 Å². The summed E-state index contributed by atoms with van der Waals surface area (Å²) >= 11 is 0. The number of hydrazine groups is 1. The van der Waals surface area contributed by atoms with Gasteiger partial charge in [-0.15, -0.1) is 0 Å². The molecule has 3 aromatic rings. The number of benzene rings is 2. The minimum Gasteiger partial charge on any atom is -0.453 e. The van der Waals surface area contributed by atoms with Gasteiger partial charge in [0.25, 0.3) is 5.91 Å². The fourth-order valence-corrected chi connectivity index (χ4v) is 7.97. The average molecular weight is 1130 g/mol. The van der Waals surface area contributed by atoms with Gasteiger partial charge in [0.15, 0.2) is 0 Å². The monoisotopic (exact) mass is 1130 g/mol. The fraction of sp³-hybridized carbons (Fsp3) is 0.500. The number of hydrogen-bond acceptors (Lipinski definition) is 15. The Bertz CT molecular complexity index is 2690. The fourth-order valence-electron chi connectivity index (χ4n) is 7.97. The minimum absolute atomic E-state index is 0.244. The third-order valence-corrected chi connectivity index (χ3v) is 13.3. The first-order chi connectivity index (χ1) is 37.0. The summed E-state index contributed by atoms with van der Waals surface area (Å²) in [6.07, 6.45) is -12.0. The van der Waals surface area contributed by atoms with E-state index in [1.807, 2.05) is 15.6 Å². The van der Waals surface area contributed by atoms with Crippen LogP contribution >= 0.6 is 0 Å². The van der Waals surface area contributed by atoms with E-state index in [1.54, 1.807) is 23.0 Å². The standard InChI is InChI=1S/C50H59F10N11O8/c1-47(2,49(55,56)57)39(66-45(75)77-5)41(73)65-37(17-29-10-7-28(8-11-29)9-12-30-21-63-44(64-22-30)70-15-13-69(14-16-70)33-26-79-27-33)38(72)25-71(68-42(74)40(67-46(76)78-6)48(3,4)50(58,59)60)24-34-35(51)18-31(19-36(34)52)32(20-61)23-62-43(53)54/h7-8,10-11,18-23,33,37-40,43,61-62,72H,13-17,24-27H2,1-6H3,(H,65,73)(H,66,75)(H,67,76)(H,68,74)/b32-23+,61-20?/t37-,38-,39+,40+/m0/s1. The average Bonchev–Trinajstić information content (AvgIpc) is 3.38. The van der Waals surface area contributed by atoms with Gasteiger partial charge in [0.05, 0.1) is 62.0 Å². The second-order valence-corrected chi connectivity index (χ2v) is 19.4. The number of nitrogens with zero attached hydrogens (tertiary/aromatic N) is 5. The van der Waals surface area contributed by atoms with E-state index >= 15 is 8.78 Å². The quantitative estimate of drug-likeness (QED) is 0.0244. The van der Waals surface area contributed by atoms with Crippen molar-refractivity contribution in [3.63, 3.8) is 0 Å². The molecule has 19 nitrogen and oxygen atoms in total. The van der Waals surface area contributed by atoms with Crippen molar-refractivity contribution >= 4 is 41.7 Å². The molecule has 0 radical (unpaired) electrons. The van der Waals surface area contributed by atoms with Crippen LogP contribution in [0.1, 0.15) is 55.5 Å². The predicted molar refractivity (Wildman–Crippen MR) is 264 cm³/mol. The molecule has 1 aromatic heterocycles. The molecular formula is C50H59F10N11O8. The predicted octanol–water partition coefficient (Wildman–Crippen LogP) is 5.03. The summed E-state index contributed by atoms with van der Waals surface area (Å²) in [4.78, 5) is 66.0. The second kappa shape index (κ2) is 26.6. The minimum atomic E-state index is -5.25. The maximum atomic E-state index is 16.0. The first-order valence-electron chi connectivity index (χ1n) is 24.1. The third kappa shape index (κ3) is 16.4. The van der Waals surface area contributed by atoms with E-state index in [1.165, 1.54) is 24.3 Å². The Kier molecular flexibility index (Phi) is 21.0. The van der Waals surface area contributed by atoms with E-state index in [9.17, 15) is 59.4 Å². The Morgan fingerprint density at radius 2 is 1.34 bits per heavy atom. The highest BCUT2D eigenvalue weighted by Crippen LogP contribution is 2.42. The van der Waals surface area contributed by atoms with E-state index in [-0.39, 0.29) is 5.56 Å². The Morgan fingerprint density at radius 1 is 0.823 bits per heavy atom. The van der Waals surface area contributed by atoms with Gasteiger partial charge in [-0.3, -0.25) is 19.9 Å². The van der Waals surface area contributed by atoms with Crippen LogP contribution in [-0.4, -0.2) is 165 Å². The molecule has 2 saturated heterocycles. The Hall–Kier alpha value is -7.29. The summed E-state index contributed by atoms with van der Waals surface area (Å²) in [5.74, 6) is 0.157. The molecule has 0 aliphatic carbocycles. The van der Waals surface area contributed by atoms with Crippen LogP contribution in [0.25, 0.3) is 5.57 Å². The number of amides is 4. The first-order valence-corrected chi connectivity index (χ1v) is 24.1. The number of anilines is 1. The van der Waals surface area contributed by atoms with Gasteiger partial charge in [0.2, 0.25) is 11.9 Å². The molecular weight excluding hydrogens is 1070 g/mol. The van der Waals surface area contributed by atoms with Crippen molar-refractivity contribution in [2.75, 3.05) is 65.1 Å². The van der Waals surface area contributed by atoms with Crippen molar-refractivity contribution in [1.29, 1.82) is 5.41 Å².